The van der Waals surface area contributed by atoms with Gasteiger partial charge in [-0.05, 0) is 12.1 Å². The summed E-state index contributed by atoms with van der Waals surface area (Å²) in [6.45, 7) is -0.333. The van der Waals surface area contributed by atoms with Crippen molar-refractivity contribution in [3.8, 4) is 11.5 Å². The van der Waals surface area contributed by atoms with E-state index < -0.39 is 29.3 Å². The van der Waals surface area contributed by atoms with Gasteiger partial charge in [-0.25, -0.2) is 0 Å². The Morgan fingerprint density at radius 1 is 0.800 bits per heavy atom. The fourth-order valence-electron chi connectivity index (χ4n) is 1.41. The highest BCUT2D eigenvalue weighted by Gasteiger charge is 2.22. The monoisotopic (exact) mass is 287 g/mol. The summed E-state index contributed by atoms with van der Waals surface area (Å²) in [6, 6.07) is 8.61. The summed E-state index contributed by atoms with van der Waals surface area (Å²) < 4.78 is 61.8. The number of rotatable bonds is 5. The van der Waals surface area contributed by atoms with Gasteiger partial charge in [-0.3, -0.25) is 0 Å². The Morgan fingerprint density at radius 3 is 1.95 bits per heavy atom. The van der Waals surface area contributed by atoms with E-state index in [4.69, 9.17) is 4.74 Å². The van der Waals surface area contributed by atoms with E-state index in [1.165, 1.54) is 0 Å². The Hall–Kier alpha value is -2.31. The van der Waals surface area contributed by atoms with Gasteiger partial charge in [0, 0.05) is 0 Å². The van der Waals surface area contributed by atoms with Crippen molar-refractivity contribution in [1.82, 2.24) is 4.98 Å². The van der Waals surface area contributed by atoms with Gasteiger partial charge in [0.1, 0.15) is 19.0 Å². The third kappa shape index (κ3) is 3.17. The van der Waals surface area contributed by atoms with Crippen LogP contribution in [0.5, 0.6) is 11.5 Å². The number of pyridine rings is 1. The molecule has 0 aliphatic rings. The van der Waals surface area contributed by atoms with Crippen molar-refractivity contribution in [3.63, 3.8) is 0 Å². The number of hydrogen-bond donors (Lipinski definition) is 0. The van der Waals surface area contributed by atoms with Gasteiger partial charge in [0.2, 0.25) is 17.4 Å². The number of ether oxygens (including phenoxy) is 2. The molecular weight excluding hydrogens is 278 g/mol. The summed E-state index contributed by atoms with van der Waals surface area (Å²) in [5.41, 5.74) is 0. The average Bonchev–Trinajstić information content (AvgIpc) is 2.45. The number of halogens is 4. The molecule has 106 valence electrons. The Labute approximate surface area is 111 Å². The minimum Gasteiger partial charge on any atom is -0.490 e. The van der Waals surface area contributed by atoms with Crippen molar-refractivity contribution in [2.24, 2.45) is 0 Å². The summed E-state index contributed by atoms with van der Waals surface area (Å²) in [6.07, 6.45) is 0. The van der Waals surface area contributed by atoms with Gasteiger partial charge in [0.25, 0.3) is 11.9 Å². The zero-order valence-corrected chi connectivity index (χ0v) is 10.1. The minimum absolute atomic E-state index is 0.0472. The van der Waals surface area contributed by atoms with Crippen molar-refractivity contribution in [3.05, 3.63) is 53.9 Å². The molecule has 20 heavy (non-hydrogen) atoms. The van der Waals surface area contributed by atoms with Crippen LogP contribution in [0.15, 0.2) is 30.3 Å². The van der Waals surface area contributed by atoms with Crippen LogP contribution < -0.4 is 9.47 Å². The third-order valence-electron chi connectivity index (χ3n) is 2.30. The fourth-order valence-corrected chi connectivity index (χ4v) is 1.41. The molecule has 1 aromatic carbocycles. The molecule has 3 nitrogen and oxygen atoms in total. The lowest BCUT2D eigenvalue weighted by atomic mass is 10.3. The number of benzene rings is 1. The summed E-state index contributed by atoms with van der Waals surface area (Å²) in [5.74, 6) is -7.49. The highest BCUT2D eigenvalue weighted by Crippen LogP contribution is 2.24. The predicted molar refractivity (Wildman–Crippen MR) is 61.5 cm³/mol. The second-order valence-electron chi connectivity index (χ2n) is 3.66. The topological polar surface area (TPSA) is 31.4 Å². The van der Waals surface area contributed by atoms with Crippen LogP contribution in [-0.4, -0.2) is 18.2 Å². The molecule has 0 radical (unpaired) electrons. The van der Waals surface area contributed by atoms with E-state index >= 15 is 0 Å². The molecule has 0 amide bonds. The van der Waals surface area contributed by atoms with E-state index in [1.54, 1.807) is 30.3 Å². The van der Waals surface area contributed by atoms with Gasteiger partial charge < -0.3 is 9.47 Å². The van der Waals surface area contributed by atoms with Crippen molar-refractivity contribution in [2.45, 2.75) is 0 Å². The highest BCUT2D eigenvalue weighted by molar-refractivity contribution is 5.24. The maximum absolute atomic E-state index is 13.2. The third-order valence-corrected chi connectivity index (χ3v) is 2.30. The first-order valence-corrected chi connectivity index (χ1v) is 5.60. The zero-order valence-electron chi connectivity index (χ0n) is 10.1. The molecule has 0 N–H and O–H groups in total. The number of nitrogens with zero attached hydrogens (tertiary/aromatic N) is 1. The Balaban J connectivity index is 1.95. The summed E-state index contributed by atoms with van der Waals surface area (Å²) >= 11 is 0. The summed E-state index contributed by atoms with van der Waals surface area (Å²) in [5, 5.41) is 0. The summed E-state index contributed by atoms with van der Waals surface area (Å²) in [4.78, 5) is 2.41. The smallest absolute Gasteiger partial charge is 0.255 e. The maximum Gasteiger partial charge on any atom is 0.255 e. The van der Waals surface area contributed by atoms with Gasteiger partial charge in [0.15, 0.2) is 0 Å². The second kappa shape index (κ2) is 6.23. The molecule has 2 rings (SSSR count). The molecule has 1 aromatic heterocycles. The van der Waals surface area contributed by atoms with Crippen LogP contribution in [0.4, 0.5) is 17.6 Å². The second-order valence-corrected chi connectivity index (χ2v) is 3.66. The molecule has 0 aliphatic heterocycles. The Kier molecular flexibility index (Phi) is 4.39. The minimum atomic E-state index is -1.76. The van der Waals surface area contributed by atoms with E-state index in [0.717, 1.165) is 0 Å². The van der Waals surface area contributed by atoms with Crippen LogP contribution in [-0.2, 0) is 0 Å². The van der Waals surface area contributed by atoms with Crippen LogP contribution in [0.1, 0.15) is 0 Å². The van der Waals surface area contributed by atoms with E-state index in [0.29, 0.717) is 5.75 Å². The van der Waals surface area contributed by atoms with Crippen LogP contribution in [0, 0.1) is 23.5 Å². The molecule has 1 heterocycles. The molecule has 0 atom stereocenters. The molecule has 0 saturated heterocycles. The normalized spacial score (nSPS) is 10.4. The van der Waals surface area contributed by atoms with Gasteiger partial charge in [-0.1, -0.05) is 18.2 Å². The molecule has 7 heteroatoms. The molecule has 0 saturated carbocycles. The van der Waals surface area contributed by atoms with Gasteiger partial charge in [0.05, 0.1) is 0 Å². The predicted octanol–water partition coefficient (Wildman–Crippen LogP) is 3.10. The van der Waals surface area contributed by atoms with Crippen LogP contribution in [0.3, 0.4) is 0 Å². The van der Waals surface area contributed by atoms with E-state index in [2.05, 4.69) is 9.72 Å². The lowest BCUT2D eigenvalue weighted by Gasteiger charge is -2.10. The maximum atomic E-state index is 13.2. The first kappa shape index (κ1) is 14.1. The number of aromatic nitrogens is 1. The molecule has 0 unspecified atom stereocenters. The quantitative estimate of drug-likeness (QED) is 0.481. The zero-order chi connectivity index (χ0) is 14.5. The molecule has 0 fully saturated rings. The van der Waals surface area contributed by atoms with Crippen molar-refractivity contribution in [1.29, 1.82) is 0 Å². The van der Waals surface area contributed by atoms with Crippen LogP contribution in [0.2, 0.25) is 0 Å². The molecule has 0 spiro atoms. The van der Waals surface area contributed by atoms with Crippen molar-refractivity contribution in [2.75, 3.05) is 13.2 Å². The number of para-hydroxylation sites is 1. The standard InChI is InChI=1S/C13H9F4NO2/c14-9-11(10(15)13(17)18-12(9)16)20-7-6-19-8-4-2-1-3-5-8/h1-5H,6-7H2. The highest BCUT2D eigenvalue weighted by atomic mass is 19.2. The van der Waals surface area contributed by atoms with Gasteiger partial charge >= 0.3 is 0 Å². The van der Waals surface area contributed by atoms with Gasteiger partial charge in [-0.15, -0.1) is 0 Å². The average molecular weight is 287 g/mol. The molecule has 2 aromatic rings. The molecular formula is C13H9F4NO2. The first-order chi connectivity index (χ1) is 9.59. The SMILES string of the molecule is Fc1nc(F)c(F)c(OCCOc2ccccc2)c1F. The van der Waals surface area contributed by atoms with Crippen molar-refractivity contribution < 1.29 is 27.0 Å². The Morgan fingerprint density at radius 2 is 1.35 bits per heavy atom. The number of hydrogen-bond acceptors (Lipinski definition) is 3. The van der Waals surface area contributed by atoms with E-state index in [1.807, 2.05) is 0 Å². The summed E-state index contributed by atoms with van der Waals surface area (Å²) in [7, 11) is 0. The van der Waals surface area contributed by atoms with Crippen LogP contribution >= 0.6 is 0 Å². The molecule has 0 bridgehead atoms. The lowest BCUT2D eigenvalue weighted by Crippen LogP contribution is -2.12. The van der Waals surface area contributed by atoms with Gasteiger partial charge in [-0.2, -0.15) is 22.5 Å². The van der Waals surface area contributed by atoms with E-state index in [9.17, 15) is 17.6 Å². The van der Waals surface area contributed by atoms with Crippen molar-refractivity contribution >= 4 is 0 Å². The Bertz CT molecular complexity index is 566. The molecule has 0 aliphatic carbocycles. The van der Waals surface area contributed by atoms with E-state index in [-0.39, 0.29) is 13.2 Å². The van der Waals surface area contributed by atoms with Crippen LogP contribution in [0.25, 0.3) is 0 Å². The lowest BCUT2D eigenvalue weighted by molar-refractivity contribution is 0.198. The fraction of sp³-hybridized carbons (Fsp3) is 0.154. The first-order valence-electron chi connectivity index (χ1n) is 5.60. The largest absolute Gasteiger partial charge is 0.490 e.